The Bertz CT molecular complexity index is 473. The maximum absolute atomic E-state index is 13.4. The van der Waals surface area contributed by atoms with E-state index in [1.165, 1.54) is 0 Å². The molecule has 2 N–H and O–H groups in total. The van der Waals surface area contributed by atoms with E-state index >= 15 is 0 Å². The van der Waals surface area contributed by atoms with E-state index < -0.39 is 17.3 Å². The molecule has 3 nitrogen and oxygen atoms in total. The highest BCUT2D eigenvalue weighted by Crippen LogP contribution is 2.24. The highest BCUT2D eigenvalue weighted by molar-refractivity contribution is 8.00. The molecule has 0 aliphatic carbocycles. The molecule has 1 aromatic carbocycles. The summed E-state index contributed by atoms with van der Waals surface area (Å²) in [6, 6.07) is 2.01. The predicted octanol–water partition coefficient (Wildman–Crippen LogP) is 2.51. The molecule has 1 aliphatic heterocycles. The molecular formula is C13H16F2N2OS. The second-order valence-electron chi connectivity index (χ2n) is 4.51. The molecule has 1 heterocycles. The van der Waals surface area contributed by atoms with Gasteiger partial charge in [0.05, 0.1) is 0 Å². The first kappa shape index (κ1) is 14.1. The van der Waals surface area contributed by atoms with Crippen LogP contribution >= 0.6 is 11.8 Å². The molecule has 1 atom stereocenters. The number of carbonyl (C=O) groups excluding carboxylic acids is 1. The summed E-state index contributed by atoms with van der Waals surface area (Å²) >= 11 is 1.83. The lowest BCUT2D eigenvalue weighted by Crippen LogP contribution is -2.41. The van der Waals surface area contributed by atoms with Crippen LogP contribution in [0.2, 0.25) is 0 Å². The molecule has 1 aliphatic rings. The number of hydrogen-bond donors (Lipinski definition) is 1. The van der Waals surface area contributed by atoms with Crippen LogP contribution in [0.4, 0.5) is 14.5 Å². The van der Waals surface area contributed by atoms with Crippen LogP contribution in [0.1, 0.15) is 23.7 Å². The summed E-state index contributed by atoms with van der Waals surface area (Å²) in [5.41, 5.74) is 4.67. The highest BCUT2D eigenvalue weighted by Gasteiger charge is 2.25. The zero-order chi connectivity index (χ0) is 14.0. The van der Waals surface area contributed by atoms with E-state index in [0.717, 1.165) is 24.3 Å². The van der Waals surface area contributed by atoms with Gasteiger partial charge >= 0.3 is 0 Å². The molecule has 6 heteroatoms. The van der Waals surface area contributed by atoms with E-state index in [1.807, 2.05) is 11.8 Å². The molecule has 0 aromatic heterocycles. The Labute approximate surface area is 115 Å². The summed E-state index contributed by atoms with van der Waals surface area (Å²) in [4.78, 5) is 13.9. The molecule has 2 rings (SSSR count). The first-order chi connectivity index (χ1) is 9.02. The van der Waals surface area contributed by atoms with Gasteiger partial charge < -0.3 is 10.6 Å². The number of amides is 1. The van der Waals surface area contributed by atoms with Crippen molar-refractivity contribution in [1.82, 2.24) is 4.90 Å². The number of benzene rings is 1. The van der Waals surface area contributed by atoms with Gasteiger partial charge in [-0.05, 0) is 18.6 Å². The lowest BCUT2D eigenvalue weighted by atomic mass is 10.1. The average molecular weight is 286 g/mol. The van der Waals surface area contributed by atoms with Gasteiger partial charge in [-0.25, -0.2) is 8.78 Å². The first-order valence-corrected chi connectivity index (χ1v) is 7.23. The fourth-order valence-electron chi connectivity index (χ4n) is 2.04. The molecule has 1 unspecified atom stereocenters. The molecule has 0 saturated carbocycles. The topological polar surface area (TPSA) is 46.3 Å². The van der Waals surface area contributed by atoms with E-state index in [0.29, 0.717) is 18.3 Å². The van der Waals surface area contributed by atoms with Gasteiger partial charge in [-0.3, -0.25) is 4.79 Å². The Kier molecular flexibility index (Phi) is 4.29. The lowest BCUT2D eigenvalue weighted by molar-refractivity contribution is 0.0760. The van der Waals surface area contributed by atoms with Crippen molar-refractivity contribution < 1.29 is 13.6 Å². The molecule has 104 valence electrons. The monoisotopic (exact) mass is 286 g/mol. The van der Waals surface area contributed by atoms with Crippen molar-refractivity contribution >= 4 is 23.4 Å². The summed E-state index contributed by atoms with van der Waals surface area (Å²) in [5.74, 6) is -1.26. The molecule has 1 aromatic rings. The summed E-state index contributed by atoms with van der Waals surface area (Å²) in [7, 11) is 0. The van der Waals surface area contributed by atoms with Gasteiger partial charge in [0, 0.05) is 29.7 Å². The maximum atomic E-state index is 13.4. The number of carbonyl (C=O) groups is 1. The number of rotatable bonds is 2. The number of nitrogens with two attached hydrogens (primary N) is 1. The van der Waals surface area contributed by atoms with Crippen molar-refractivity contribution in [3.8, 4) is 0 Å². The van der Waals surface area contributed by atoms with Gasteiger partial charge in [0.2, 0.25) is 0 Å². The van der Waals surface area contributed by atoms with Gasteiger partial charge in [0.15, 0.2) is 0 Å². The number of thioether (sulfide) groups is 1. The summed E-state index contributed by atoms with van der Waals surface area (Å²) < 4.78 is 26.7. The summed E-state index contributed by atoms with van der Waals surface area (Å²) in [6.07, 6.45) is 0.971. The first-order valence-electron chi connectivity index (χ1n) is 6.18. The van der Waals surface area contributed by atoms with Gasteiger partial charge in [-0.2, -0.15) is 11.8 Å². The van der Waals surface area contributed by atoms with Crippen molar-refractivity contribution in [1.29, 1.82) is 0 Å². The van der Waals surface area contributed by atoms with Crippen molar-refractivity contribution in [2.24, 2.45) is 0 Å². The van der Waals surface area contributed by atoms with Crippen LogP contribution in [0.3, 0.4) is 0 Å². The van der Waals surface area contributed by atoms with E-state index in [9.17, 15) is 13.6 Å². The highest BCUT2D eigenvalue weighted by atomic mass is 32.2. The smallest absolute Gasteiger partial charge is 0.254 e. The molecule has 19 heavy (non-hydrogen) atoms. The van der Waals surface area contributed by atoms with Crippen LogP contribution in [-0.2, 0) is 0 Å². The molecule has 1 saturated heterocycles. The summed E-state index contributed by atoms with van der Waals surface area (Å²) in [5, 5.41) is 0.390. The standard InChI is InChI=1S/C13H16F2N2OS/c1-2-9-7-17(3-4-19-9)13(18)8-5-10(14)12(16)11(15)6-8/h5-6,9H,2-4,7,16H2,1H3. The molecule has 0 bridgehead atoms. The SMILES string of the molecule is CCC1CN(C(=O)c2cc(F)c(N)c(F)c2)CCS1. The van der Waals surface area contributed by atoms with Crippen molar-refractivity contribution in [3.05, 3.63) is 29.3 Å². The fourth-order valence-corrected chi connectivity index (χ4v) is 3.22. The molecular weight excluding hydrogens is 270 g/mol. The van der Waals surface area contributed by atoms with Crippen LogP contribution in [0, 0.1) is 11.6 Å². The third-order valence-corrected chi connectivity index (χ3v) is 4.58. The van der Waals surface area contributed by atoms with Crippen LogP contribution in [0.25, 0.3) is 0 Å². The minimum absolute atomic E-state index is 0.0194. The maximum Gasteiger partial charge on any atom is 0.254 e. The predicted molar refractivity (Wildman–Crippen MR) is 73.2 cm³/mol. The van der Waals surface area contributed by atoms with E-state index in [4.69, 9.17) is 5.73 Å². The van der Waals surface area contributed by atoms with Crippen LogP contribution < -0.4 is 5.73 Å². The van der Waals surface area contributed by atoms with E-state index in [1.54, 1.807) is 4.90 Å². The number of nitrogens with zero attached hydrogens (tertiary/aromatic N) is 1. The Morgan fingerprint density at radius 2 is 2.11 bits per heavy atom. The van der Waals surface area contributed by atoms with Gasteiger partial charge in [0.25, 0.3) is 5.91 Å². The summed E-state index contributed by atoms with van der Waals surface area (Å²) in [6.45, 7) is 3.29. The third-order valence-electron chi connectivity index (χ3n) is 3.21. The normalized spacial score (nSPS) is 19.5. The van der Waals surface area contributed by atoms with Gasteiger partial charge in [-0.1, -0.05) is 6.92 Å². The molecule has 1 amide bonds. The van der Waals surface area contributed by atoms with E-state index in [-0.39, 0.29) is 11.5 Å². The number of hydrogen-bond acceptors (Lipinski definition) is 3. The quantitative estimate of drug-likeness (QED) is 0.850. The van der Waals surface area contributed by atoms with Crippen molar-refractivity contribution in [2.45, 2.75) is 18.6 Å². The van der Waals surface area contributed by atoms with E-state index in [2.05, 4.69) is 6.92 Å². The Balaban J connectivity index is 2.19. The Hall–Kier alpha value is -1.30. The second kappa shape index (κ2) is 5.77. The lowest BCUT2D eigenvalue weighted by Gasteiger charge is -2.32. The van der Waals surface area contributed by atoms with Gasteiger partial charge in [0.1, 0.15) is 17.3 Å². The number of halogens is 2. The van der Waals surface area contributed by atoms with Crippen molar-refractivity contribution in [3.63, 3.8) is 0 Å². The Morgan fingerprint density at radius 1 is 1.47 bits per heavy atom. The molecule has 1 fully saturated rings. The minimum atomic E-state index is -0.887. The molecule has 0 radical (unpaired) electrons. The molecule has 0 spiro atoms. The van der Waals surface area contributed by atoms with Gasteiger partial charge in [-0.15, -0.1) is 0 Å². The fraction of sp³-hybridized carbons (Fsp3) is 0.462. The zero-order valence-electron chi connectivity index (χ0n) is 10.7. The number of nitrogen functional groups attached to an aromatic ring is 1. The minimum Gasteiger partial charge on any atom is -0.394 e. The Morgan fingerprint density at radius 3 is 2.68 bits per heavy atom. The van der Waals surface area contributed by atoms with Crippen LogP contribution in [-0.4, -0.2) is 34.9 Å². The zero-order valence-corrected chi connectivity index (χ0v) is 11.5. The van der Waals surface area contributed by atoms with Crippen LogP contribution in [0.15, 0.2) is 12.1 Å². The van der Waals surface area contributed by atoms with Crippen molar-refractivity contribution in [2.75, 3.05) is 24.6 Å². The average Bonchev–Trinajstić information content (AvgIpc) is 2.43. The third kappa shape index (κ3) is 3.00. The largest absolute Gasteiger partial charge is 0.394 e. The van der Waals surface area contributed by atoms with Crippen LogP contribution in [0.5, 0.6) is 0 Å². The second-order valence-corrected chi connectivity index (χ2v) is 5.91. The number of anilines is 1.